The van der Waals surface area contributed by atoms with Crippen molar-refractivity contribution < 1.29 is 14.3 Å². The SMILES string of the molecule is CCCCCCCCCC(=O)N/N=C/c1cc(Br)ccc1OC(=O)c1ccccc1. The predicted octanol–water partition coefficient (Wildman–Crippen LogP) is 6.26. The monoisotopic (exact) mass is 472 g/mol. The first-order valence-corrected chi connectivity index (χ1v) is 11.3. The van der Waals surface area contributed by atoms with Crippen LogP contribution in [0.5, 0.6) is 5.75 Å². The molecule has 30 heavy (non-hydrogen) atoms. The second kappa shape index (κ2) is 13.7. The van der Waals surface area contributed by atoms with Crippen molar-refractivity contribution in [3.05, 3.63) is 64.1 Å². The molecule has 0 aliphatic carbocycles. The standard InChI is InChI=1S/C24H29BrN2O3/c1-2-3-4-5-6-7-11-14-23(28)27-26-18-20-17-21(25)15-16-22(20)30-24(29)19-12-9-8-10-13-19/h8-10,12-13,15-18H,2-7,11,14H2,1H3,(H,27,28)/b26-18+. The normalized spacial score (nSPS) is 10.9. The van der Waals surface area contributed by atoms with Crippen molar-refractivity contribution in [2.75, 3.05) is 0 Å². The smallest absolute Gasteiger partial charge is 0.343 e. The average Bonchev–Trinajstić information content (AvgIpc) is 2.75. The Labute approximate surface area is 187 Å². The minimum absolute atomic E-state index is 0.113. The molecule has 160 valence electrons. The third kappa shape index (κ3) is 8.91. The van der Waals surface area contributed by atoms with Crippen LogP contribution in [0.2, 0.25) is 0 Å². The molecule has 2 aromatic rings. The van der Waals surface area contributed by atoms with Gasteiger partial charge < -0.3 is 4.74 Å². The van der Waals surface area contributed by atoms with Gasteiger partial charge in [0.2, 0.25) is 5.91 Å². The van der Waals surface area contributed by atoms with Gasteiger partial charge in [0.05, 0.1) is 11.8 Å². The third-order valence-electron chi connectivity index (χ3n) is 4.58. The Balaban J connectivity index is 1.83. The Morgan fingerprint density at radius 1 is 1.00 bits per heavy atom. The van der Waals surface area contributed by atoms with Crippen LogP contribution < -0.4 is 10.2 Å². The van der Waals surface area contributed by atoms with Crippen molar-refractivity contribution >= 4 is 34.0 Å². The summed E-state index contributed by atoms with van der Waals surface area (Å²) < 4.78 is 6.32. The Bertz CT molecular complexity index is 838. The van der Waals surface area contributed by atoms with Gasteiger partial charge in [-0.2, -0.15) is 5.10 Å². The van der Waals surface area contributed by atoms with Crippen LogP contribution >= 0.6 is 15.9 Å². The average molecular weight is 473 g/mol. The van der Waals surface area contributed by atoms with Gasteiger partial charge in [-0.3, -0.25) is 4.79 Å². The van der Waals surface area contributed by atoms with Crippen LogP contribution in [0, 0.1) is 0 Å². The number of esters is 1. The fourth-order valence-electron chi connectivity index (χ4n) is 2.92. The summed E-state index contributed by atoms with van der Waals surface area (Å²) in [6, 6.07) is 14.0. The van der Waals surface area contributed by atoms with Crippen molar-refractivity contribution in [1.82, 2.24) is 5.43 Å². The molecule has 0 heterocycles. The van der Waals surface area contributed by atoms with Crippen LogP contribution in [0.3, 0.4) is 0 Å². The number of hydrazone groups is 1. The minimum atomic E-state index is -0.449. The number of benzene rings is 2. The van der Waals surface area contributed by atoms with Gasteiger partial charge in [0.1, 0.15) is 5.75 Å². The van der Waals surface area contributed by atoms with Gasteiger partial charge in [-0.05, 0) is 36.8 Å². The fraction of sp³-hybridized carbons (Fsp3) is 0.375. The van der Waals surface area contributed by atoms with E-state index in [-0.39, 0.29) is 5.91 Å². The highest BCUT2D eigenvalue weighted by Crippen LogP contribution is 2.23. The highest BCUT2D eigenvalue weighted by atomic mass is 79.9. The van der Waals surface area contributed by atoms with E-state index >= 15 is 0 Å². The molecule has 2 rings (SSSR count). The largest absolute Gasteiger partial charge is 0.422 e. The zero-order valence-electron chi connectivity index (χ0n) is 17.4. The van der Waals surface area contributed by atoms with E-state index in [2.05, 4.69) is 33.4 Å². The van der Waals surface area contributed by atoms with Gasteiger partial charge in [0.15, 0.2) is 0 Å². The number of nitrogens with zero attached hydrogens (tertiary/aromatic N) is 1. The maximum absolute atomic E-state index is 12.3. The Hall–Kier alpha value is -2.47. The lowest BCUT2D eigenvalue weighted by molar-refractivity contribution is -0.121. The summed E-state index contributed by atoms with van der Waals surface area (Å²) in [6.07, 6.45) is 10.1. The second-order valence-corrected chi connectivity index (χ2v) is 8.02. The summed E-state index contributed by atoms with van der Waals surface area (Å²) in [4.78, 5) is 24.3. The number of unbranched alkanes of at least 4 members (excludes halogenated alkanes) is 6. The van der Waals surface area contributed by atoms with E-state index in [1.54, 1.807) is 42.5 Å². The summed E-state index contributed by atoms with van der Waals surface area (Å²) in [6.45, 7) is 2.20. The number of rotatable bonds is 12. The summed E-state index contributed by atoms with van der Waals surface area (Å²) >= 11 is 3.40. The lowest BCUT2D eigenvalue weighted by Crippen LogP contribution is -2.17. The number of ether oxygens (including phenoxy) is 1. The number of amides is 1. The zero-order valence-corrected chi connectivity index (χ0v) is 19.0. The number of halogens is 1. The van der Waals surface area contributed by atoms with Crippen molar-refractivity contribution in [2.45, 2.75) is 58.3 Å². The van der Waals surface area contributed by atoms with E-state index < -0.39 is 5.97 Å². The molecule has 0 aromatic heterocycles. The molecule has 0 atom stereocenters. The molecule has 0 aliphatic rings. The van der Waals surface area contributed by atoms with E-state index in [1.165, 1.54) is 38.3 Å². The van der Waals surface area contributed by atoms with E-state index in [9.17, 15) is 9.59 Å². The van der Waals surface area contributed by atoms with E-state index in [0.717, 1.165) is 17.3 Å². The first-order valence-electron chi connectivity index (χ1n) is 10.5. The van der Waals surface area contributed by atoms with E-state index in [1.807, 2.05) is 6.07 Å². The first kappa shape index (κ1) is 23.8. The number of nitrogens with one attached hydrogen (secondary N) is 1. The Kier molecular flexibility index (Phi) is 10.9. The molecule has 2 aromatic carbocycles. The van der Waals surface area contributed by atoms with Crippen molar-refractivity contribution in [1.29, 1.82) is 0 Å². The van der Waals surface area contributed by atoms with E-state index in [0.29, 0.717) is 23.3 Å². The maximum Gasteiger partial charge on any atom is 0.343 e. The second-order valence-electron chi connectivity index (χ2n) is 7.10. The molecule has 1 N–H and O–H groups in total. The molecule has 0 unspecified atom stereocenters. The highest BCUT2D eigenvalue weighted by molar-refractivity contribution is 9.10. The molecule has 5 nitrogen and oxygen atoms in total. The number of hydrogen-bond donors (Lipinski definition) is 1. The van der Waals surface area contributed by atoms with Crippen LogP contribution in [0.25, 0.3) is 0 Å². The molecule has 1 amide bonds. The first-order chi connectivity index (χ1) is 14.6. The molecular formula is C24H29BrN2O3. The highest BCUT2D eigenvalue weighted by Gasteiger charge is 2.11. The van der Waals surface area contributed by atoms with Gasteiger partial charge in [-0.1, -0.05) is 79.6 Å². The summed E-state index contributed by atoms with van der Waals surface area (Å²) in [7, 11) is 0. The van der Waals surface area contributed by atoms with Crippen molar-refractivity contribution in [3.8, 4) is 5.75 Å². The lowest BCUT2D eigenvalue weighted by Gasteiger charge is -2.08. The molecule has 0 saturated carbocycles. The molecular weight excluding hydrogens is 444 g/mol. The molecule has 0 radical (unpaired) electrons. The molecule has 0 spiro atoms. The molecule has 0 bridgehead atoms. The molecule has 0 saturated heterocycles. The summed E-state index contributed by atoms with van der Waals surface area (Å²) in [5, 5.41) is 4.03. The number of carbonyl (C=O) groups is 2. The molecule has 0 aliphatic heterocycles. The van der Waals surface area contributed by atoms with Crippen molar-refractivity contribution in [3.63, 3.8) is 0 Å². The van der Waals surface area contributed by atoms with Crippen LogP contribution in [-0.4, -0.2) is 18.1 Å². The van der Waals surface area contributed by atoms with Crippen molar-refractivity contribution in [2.24, 2.45) is 5.10 Å². The Morgan fingerprint density at radius 3 is 2.43 bits per heavy atom. The summed E-state index contributed by atoms with van der Waals surface area (Å²) in [5.41, 5.74) is 3.60. The molecule has 0 fully saturated rings. The van der Waals surface area contributed by atoms with Gasteiger partial charge in [-0.15, -0.1) is 0 Å². The summed E-state index contributed by atoms with van der Waals surface area (Å²) in [5.74, 6) is -0.190. The topological polar surface area (TPSA) is 67.8 Å². The molecule has 6 heteroatoms. The van der Waals surface area contributed by atoms with Crippen LogP contribution in [0.4, 0.5) is 0 Å². The van der Waals surface area contributed by atoms with E-state index in [4.69, 9.17) is 4.74 Å². The lowest BCUT2D eigenvalue weighted by atomic mass is 10.1. The number of hydrogen-bond acceptors (Lipinski definition) is 4. The van der Waals surface area contributed by atoms with Gasteiger partial charge in [0.25, 0.3) is 0 Å². The van der Waals surface area contributed by atoms with Crippen LogP contribution in [0.15, 0.2) is 58.1 Å². The predicted molar refractivity (Wildman–Crippen MR) is 124 cm³/mol. The maximum atomic E-state index is 12.3. The zero-order chi connectivity index (χ0) is 21.6. The van der Waals surface area contributed by atoms with Crippen LogP contribution in [0.1, 0.15) is 74.2 Å². The quantitative estimate of drug-likeness (QED) is 0.130. The van der Waals surface area contributed by atoms with Gasteiger partial charge in [-0.25, -0.2) is 10.2 Å². The Morgan fingerprint density at radius 2 is 1.70 bits per heavy atom. The third-order valence-corrected chi connectivity index (χ3v) is 5.08. The van der Waals surface area contributed by atoms with Gasteiger partial charge >= 0.3 is 5.97 Å². The van der Waals surface area contributed by atoms with Crippen LogP contribution in [-0.2, 0) is 4.79 Å². The fourth-order valence-corrected chi connectivity index (χ4v) is 3.30. The minimum Gasteiger partial charge on any atom is -0.422 e. The van der Waals surface area contributed by atoms with Gasteiger partial charge in [0, 0.05) is 16.5 Å². The number of carbonyl (C=O) groups excluding carboxylic acids is 2.